The first-order chi connectivity index (χ1) is 11.8. The van der Waals surface area contributed by atoms with E-state index in [9.17, 15) is 9.59 Å². The molecule has 132 valence electrons. The molecular weight excluding hydrogens is 314 g/mol. The van der Waals surface area contributed by atoms with Crippen molar-refractivity contribution in [3.63, 3.8) is 0 Å². The van der Waals surface area contributed by atoms with E-state index in [0.29, 0.717) is 29.0 Å². The van der Waals surface area contributed by atoms with E-state index in [1.165, 1.54) is 6.42 Å². The Morgan fingerprint density at radius 2 is 1.84 bits per heavy atom. The van der Waals surface area contributed by atoms with Gasteiger partial charge in [-0.15, -0.1) is 0 Å². The summed E-state index contributed by atoms with van der Waals surface area (Å²) >= 11 is 0. The molecule has 0 unspecified atom stereocenters. The molecule has 2 amide bonds. The number of hydrazone groups is 1. The van der Waals surface area contributed by atoms with Crippen LogP contribution in [0.15, 0.2) is 41.5 Å². The lowest BCUT2D eigenvalue weighted by molar-refractivity contribution is -0.123. The lowest BCUT2D eigenvalue weighted by Gasteiger charge is -2.17. The fourth-order valence-electron chi connectivity index (χ4n) is 3.27. The zero-order chi connectivity index (χ0) is 18.0. The molecular formula is C20H25N3O2. The van der Waals surface area contributed by atoms with Gasteiger partial charge in [-0.3, -0.25) is 9.59 Å². The van der Waals surface area contributed by atoms with Gasteiger partial charge >= 0.3 is 0 Å². The topological polar surface area (TPSA) is 70.6 Å². The number of hydrogen-bond acceptors (Lipinski definition) is 3. The van der Waals surface area contributed by atoms with Gasteiger partial charge in [0.2, 0.25) is 5.91 Å². The third-order valence-corrected chi connectivity index (χ3v) is 4.85. The number of hydrogen-bond donors (Lipinski definition) is 2. The van der Waals surface area contributed by atoms with Gasteiger partial charge in [-0.1, -0.05) is 32.9 Å². The van der Waals surface area contributed by atoms with E-state index in [4.69, 9.17) is 0 Å². The van der Waals surface area contributed by atoms with E-state index in [2.05, 4.69) is 28.0 Å². The molecule has 0 heterocycles. The summed E-state index contributed by atoms with van der Waals surface area (Å²) in [6.45, 7) is 5.57. The van der Waals surface area contributed by atoms with Crippen LogP contribution >= 0.6 is 0 Å². The second-order valence-electron chi connectivity index (χ2n) is 7.94. The summed E-state index contributed by atoms with van der Waals surface area (Å²) in [5.41, 5.74) is 3.32. The van der Waals surface area contributed by atoms with Crippen LogP contribution in [0, 0.1) is 23.2 Å². The largest absolute Gasteiger partial charge is 0.326 e. The van der Waals surface area contributed by atoms with Crippen molar-refractivity contribution in [3.8, 4) is 0 Å². The highest BCUT2D eigenvalue weighted by molar-refractivity contribution is 5.97. The highest BCUT2D eigenvalue weighted by atomic mass is 16.2. The van der Waals surface area contributed by atoms with Crippen LogP contribution in [0.25, 0.3) is 0 Å². The molecule has 3 atom stereocenters. The predicted octanol–water partition coefficient (Wildman–Crippen LogP) is 3.60. The van der Waals surface area contributed by atoms with Crippen molar-refractivity contribution >= 4 is 23.7 Å². The number of nitrogens with zero attached hydrogens (tertiary/aromatic N) is 1. The molecule has 1 fully saturated rings. The number of benzene rings is 1. The zero-order valence-corrected chi connectivity index (χ0v) is 15.0. The Morgan fingerprint density at radius 3 is 2.40 bits per heavy atom. The highest BCUT2D eigenvalue weighted by Gasteiger charge is 2.34. The van der Waals surface area contributed by atoms with Gasteiger partial charge in [0.1, 0.15) is 0 Å². The maximum Gasteiger partial charge on any atom is 0.271 e. The molecule has 5 heteroatoms. The standard InChI is InChI=1S/C20H25N3O2/c1-20(2,3)19(25)22-17-8-6-14(7-9-17)18(24)23-21-12-16-11-13-4-5-15(16)10-13/h4-9,12-13,15-16H,10-11H2,1-3H3,(H,22,25)(H,23,24)/b21-12-/t13-,15-,16+/m0/s1. The number of rotatable bonds is 4. The van der Waals surface area contributed by atoms with E-state index in [1.54, 1.807) is 24.3 Å². The van der Waals surface area contributed by atoms with Gasteiger partial charge in [-0.25, -0.2) is 5.43 Å². The molecule has 2 aliphatic carbocycles. The normalized spacial score (nSPS) is 24.7. The number of allylic oxidation sites excluding steroid dienone is 2. The minimum absolute atomic E-state index is 0.0609. The number of amides is 2. The van der Waals surface area contributed by atoms with E-state index in [1.807, 2.05) is 27.0 Å². The molecule has 5 nitrogen and oxygen atoms in total. The van der Waals surface area contributed by atoms with Crippen LogP contribution in [0.2, 0.25) is 0 Å². The average molecular weight is 339 g/mol. The fraction of sp³-hybridized carbons (Fsp3) is 0.450. The Morgan fingerprint density at radius 1 is 1.12 bits per heavy atom. The number of nitrogens with one attached hydrogen (secondary N) is 2. The molecule has 0 radical (unpaired) electrons. The third kappa shape index (κ3) is 4.16. The molecule has 0 saturated heterocycles. The Balaban J connectivity index is 1.52. The zero-order valence-electron chi connectivity index (χ0n) is 15.0. The van der Waals surface area contributed by atoms with Crippen LogP contribution in [0.3, 0.4) is 0 Å². The first kappa shape index (κ1) is 17.4. The van der Waals surface area contributed by atoms with E-state index < -0.39 is 5.41 Å². The van der Waals surface area contributed by atoms with Crippen LogP contribution in [0.1, 0.15) is 44.0 Å². The van der Waals surface area contributed by atoms with Crippen molar-refractivity contribution < 1.29 is 9.59 Å². The van der Waals surface area contributed by atoms with Gasteiger partial charge < -0.3 is 5.32 Å². The predicted molar refractivity (Wildman–Crippen MR) is 99.3 cm³/mol. The van der Waals surface area contributed by atoms with Gasteiger partial charge in [-0.05, 0) is 48.9 Å². The van der Waals surface area contributed by atoms with Gasteiger partial charge in [-0.2, -0.15) is 5.10 Å². The smallest absolute Gasteiger partial charge is 0.271 e. The van der Waals surface area contributed by atoms with Crippen LogP contribution in [-0.2, 0) is 4.79 Å². The van der Waals surface area contributed by atoms with Crippen molar-refractivity contribution in [1.29, 1.82) is 0 Å². The minimum atomic E-state index is -0.459. The molecule has 25 heavy (non-hydrogen) atoms. The summed E-state index contributed by atoms with van der Waals surface area (Å²) in [7, 11) is 0. The fourth-order valence-corrected chi connectivity index (χ4v) is 3.27. The Kier molecular flexibility index (Phi) is 4.75. The number of carbonyl (C=O) groups excluding carboxylic acids is 2. The third-order valence-electron chi connectivity index (χ3n) is 4.85. The van der Waals surface area contributed by atoms with E-state index >= 15 is 0 Å². The Hall–Kier alpha value is -2.43. The van der Waals surface area contributed by atoms with Crippen LogP contribution in [0.4, 0.5) is 5.69 Å². The van der Waals surface area contributed by atoms with Crippen molar-refractivity contribution in [2.24, 2.45) is 28.3 Å². The monoisotopic (exact) mass is 339 g/mol. The minimum Gasteiger partial charge on any atom is -0.326 e. The lowest BCUT2D eigenvalue weighted by atomic mass is 9.95. The molecule has 2 aliphatic rings. The van der Waals surface area contributed by atoms with Crippen LogP contribution in [-0.4, -0.2) is 18.0 Å². The SMILES string of the molecule is CC(C)(C)C(=O)Nc1ccc(C(=O)N/N=C\[C@H]2C[C@H]3C=C[C@H]2C3)cc1. The molecule has 1 aromatic carbocycles. The van der Waals surface area contributed by atoms with Gasteiger partial charge in [0.25, 0.3) is 5.91 Å². The Bertz CT molecular complexity index is 713. The molecule has 3 rings (SSSR count). The maximum atomic E-state index is 12.1. The number of carbonyl (C=O) groups is 2. The summed E-state index contributed by atoms with van der Waals surface area (Å²) in [4.78, 5) is 24.1. The van der Waals surface area contributed by atoms with Gasteiger partial charge in [0, 0.05) is 28.8 Å². The molecule has 0 spiro atoms. The lowest BCUT2D eigenvalue weighted by Crippen LogP contribution is -2.27. The van der Waals surface area contributed by atoms with Crippen molar-refractivity contribution in [1.82, 2.24) is 5.43 Å². The summed E-state index contributed by atoms with van der Waals surface area (Å²) < 4.78 is 0. The summed E-state index contributed by atoms with van der Waals surface area (Å²) in [6.07, 6.45) is 8.75. The van der Waals surface area contributed by atoms with Crippen molar-refractivity contribution in [3.05, 3.63) is 42.0 Å². The summed E-state index contributed by atoms with van der Waals surface area (Å²) in [6, 6.07) is 6.82. The molecule has 0 aromatic heterocycles. The molecule has 1 aromatic rings. The van der Waals surface area contributed by atoms with E-state index in [-0.39, 0.29) is 11.8 Å². The second kappa shape index (κ2) is 6.82. The number of fused-ring (bicyclic) bond motifs is 2. The average Bonchev–Trinajstić information content (AvgIpc) is 3.17. The molecule has 2 N–H and O–H groups in total. The molecule has 0 aliphatic heterocycles. The highest BCUT2D eigenvalue weighted by Crippen LogP contribution is 2.42. The van der Waals surface area contributed by atoms with Crippen LogP contribution < -0.4 is 10.7 Å². The quantitative estimate of drug-likeness (QED) is 0.500. The van der Waals surface area contributed by atoms with Crippen LogP contribution in [0.5, 0.6) is 0 Å². The second-order valence-corrected chi connectivity index (χ2v) is 7.94. The first-order valence-electron chi connectivity index (χ1n) is 8.76. The van der Waals surface area contributed by atoms with Gasteiger partial charge in [0.05, 0.1) is 0 Å². The Labute approximate surface area is 148 Å². The van der Waals surface area contributed by atoms with Gasteiger partial charge in [0.15, 0.2) is 0 Å². The van der Waals surface area contributed by atoms with E-state index in [0.717, 1.165) is 6.42 Å². The molecule has 1 saturated carbocycles. The molecule has 2 bridgehead atoms. The first-order valence-corrected chi connectivity index (χ1v) is 8.76. The van der Waals surface area contributed by atoms with Crippen molar-refractivity contribution in [2.45, 2.75) is 33.6 Å². The summed E-state index contributed by atoms with van der Waals surface area (Å²) in [5, 5.41) is 6.96. The number of anilines is 1. The maximum absolute atomic E-state index is 12.1. The summed E-state index contributed by atoms with van der Waals surface area (Å²) in [5.74, 6) is 1.40. The van der Waals surface area contributed by atoms with Crippen molar-refractivity contribution in [2.75, 3.05) is 5.32 Å².